The molecule has 7 nitrogen and oxygen atoms in total. The minimum absolute atomic E-state index is 0.00733. The Labute approximate surface area is 118 Å². The number of amides is 2. The first-order valence-electron chi connectivity index (χ1n) is 5.87. The van der Waals surface area contributed by atoms with E-state index < -0.39 is 5.25 Å². The largest absolute Gasteiger partial charge is 0.454 e. The summed E-state index contributed by atoms with van der Waals surface area (Å²) < 4.78 is 10.4. The zero-order chi connectivity index (χ0) is 14.1. The van der Waals surface area contributed by atoms with Gasteiger partial charge in [-0.15, -0.1) is 0 Å². The van der Waals surface area contributed by atoms with E-state index in [1.165, 1.54) is 0 Å². The van der Waals surface area contributed by atoms with Gasteiger partial charge in [0.1, 0.15) is 5.25 Å². The molecule has 1 atom stereocenters. The van der Waals surface area contributed by atoms with Crippen molar-refractivity contribution in [3.63, 3.8) is 0 Å². The van der Waals surface area contributed by atoms with E-state index in [-0.39, 0.29) is 30.2 Å². The molecule has 3 N–H and O–H groups in total. The number of anilines is 1. The van der Waals surface area contributed by atoms with E-state index in [4.69, 9.17) is 14.9 Å². The quantitative estimate of drug-likeness (QED) is 0.752. The van der Waals surface area contributed by atoms with Crippen LogP contribution in [0.3, 0.4) is 0 Å². The van der Waals surface area contributed by atoms with E-state index in [0.717, 1.165) is 11.8 Å². The molecule has 8 heteroatoms. The molecule has 1 fully saturated rings. The van der Waals surface area contributed by atoms with Crippen LogP contribution in [0.25, 0.3) is 0 Å². The number of rotatable bonds is 2. The summed E-state index contributed by atoms with van der Waals surface area (Å²) in [5.41, 5.74) is 0.567. The number of hydrogen-bond acceptors (Lipinski definition) is 6. The number of thioether (sulfide) groups is 1. The van der Waals surface area contributed by atoms with Crippen LogP contribution >= 0.6 is 11.8 Å². The van der Waals surface area contributed by atoms with Crippen LogP contribution in [-0.2, 0) is 9.59 Å². The van der Waals surface area contributed by atoms with E-state index in [1.54, 1.807) is 18.2 Å². The van der Waals surface area contributed by atoms with Crippen molar-refractivity contribution in [2.45, 2.75) is 11.7 Å². The van der Waals surface area contributed by atoms with Crippen molar-refractivity contribution in [2.24, 2.45) is 0 Å². The number of carbonyl (C=O) groups is 2. The molecule has 0 spiro atoms. The fourth-order valence-corrected chi connectivity index (χ4v) is 2.76. The molecule has 1 saturated heterocycles. The van der Waals surface area contributed by atoms with Crippen LogP contribution in [0.15, 0.2) is 18.2 Å². The highest BCUT2D eigenvalue weighted by molar-refractivity contribution is 8.15. The summed E-state index contributed by atoms with van der Waals surface area (Å²) in [6, 6.07) is 5.07. The fraction of sp³-hybridized carbons (Fsp3) is 0.250. The van der Waals surface area contributed by atoms with E-state index in [1.807, 2.05) is 0 Å². The third-order valence-electron chi connectivity index (χ3n) is 2.82. The van der Waals surface area contributed by atoms with Gasteiger partial charge in [0, 0.05) is 18.2 Å². The number of carbonyl (C=O) groups excluding carboxylic acids is 2. The van der Waals surface area contributed by atoms with Crippen molar-refractivity contribution in [3.8, 4) is 11.5 Å². The number of amidine groups is 1. The van der Waals surface area contributed by atoms with Crippen LogP contribution in [0.4, 0.5) is 5.69 Å². The molecule has 0 aliphatic carbocycles. The molecule has 104 valence electrons. The van der Waals surface area contributed by atoms with Crippen LogP contribution in [0.5, 0.6) is 11.5 Å². The van der Waals surface area contributed by atoms with Crippen molar-refractivity contribution < 1.29 is 19.1 Å². The Morgan fingerprint density at radius 1 is 1.40 bits per heavy atom. The summed E-state index contributed by atoms with van der Waals surface area (Å²) >= 11 is 1.03. The van der Waals surface area contributed by atoms with Crippen molar-refractivity contribution in [2.75, 3.05) is 12.1 Å². The average molecular weight is 293 g/mol. The predicted octanol–water partition coefficient (Wildman–Crippen LogP) is 0.910. The zero-order valence-electron chi connectivity index (χ0n) is 10.3. The van der Waals surface area contributed by atoms with Gasteiger partial charge in [-0.05, 0) is 12.1 Å². The molecule has 2 aliphatic rings. The fourth-order valence-electron chi connectivity index (χ4n) is 1.90. The molecule has 2 aliphatic heterocycles. The van der Waals surface area contributed by atoms with Crippen molar-refractivity contribution in [3.05, 3.63) is 18.2 Å². The number of hydrogen-bond donors (Lipinski definition) is 3. The Hall–Kier alpha value is -2.22. The number of nitrogens with one attached hydrogen (secondary N) is 3. The van der Waals surface area contributed by atoms with Gasteiger partial charge in [-0.1, -0.05) is 11.8 Å². The zero-order valence-corrected chi connectivity index (χ0v) is 11.1. The second-order valence-electron chi connectivity index (χ2n) is 4.25. The summed E-state index contributed by atoms with van der Waals surface area (Å²) in [6.45, 7) is 0.169. The van der Waals surface area contributed by atoms with E-state index in [9.17, 15) is 9.59 Å². The standard InChI is InChI=1S/C12H11N3O4S/c13-12-15-10(16)4-9(20-12)11(17)14-6-1-2-7-8(3-6)19-5-18-7/h1-3,9H,4-5H2,(H,14,17)(H2,13,15,16). The molecule has 0 aromatic heterocycles. The van der Waals surface area contributed by atoms with Gasteiger partial charge in [0.15, 0.2) is 16.7 Å². The summed E-state index contributed by atoms with van der Waals surface area (Å²) in [5.74, 6) is 0.578. The van der Waals surface area contributed by atoms with E-state index in [0.29, 0.717) is 17.2 Å². The molecule has 0 radical (unpaired) electrons. The van der Waals surface area contributed by atoms with Gasteiger partial charge in [-0.3, -0.25) is 15.0 Å². The van der Waals surface area contributed by atoms with E-state index >= 15 is 0 Å². The van der Waals surface area contributed by atoms with Gasteiger partial charge in [-0.2, -0.15) is 0 Å². The van der Waals surface area contributed by atoms with Gasteiger partial charge < -0.3 is 20.1 Å². The normalized spacial score (nSPS) is 20.5. The maximum absolute atomic E-state index is 12.1. The third-order valence-corrected chi connectivity index (χ3v) is 3.82. The first-order valence-corrected chi connectivity index (χ1v) is 6.75. The van der Waals surface area contributed by atoms with Gasteiger partial charge >= 0.3 is 0 Å². The lowest BCUT2D eigenvalue weighted by Gasteiger charge is -2.21. The first kappa shape index (κ1) is 12.8. The minimum atomic E-state index is -0.596. The van der Waals surface area contributed by atoms with Gasteiger partial charge in [0.05, 0.1) is 0 Å². The number of benzene rings is 1. The van der Waals surface area contributed by atoms with Crippen molar-refractivity contribution >= 4 is 34.4 Å². The molecule has 0 bridgehead atoms. The maximum atomic E-state index is 12.1. The third kappa shape index (κ3) is 2.55. The van der Waals surface area contributed by atoms with Crippen molar-refractivity contribution in [1.82, 2.24) is 5.32 Å². The Bertz CT molecular complexity index is 588. The second kappa shape index (κ2) is 5.04. The molecule has 1 unspecified atom stereocenters. The Morgan fingerprint density at radius 2 is 2.20 bits per heavy atom. The Balaban J connectivity index is 1.69. The smallest absolute Gasteiger partial charge is 0.238 e. The number of fused-ring (bicyclic) bond motifs is 1. The van der Waals surface area contributed by atoms with Crippen molar-refractivity contribution in [1.29, 1.82) is 5.41 Å². The lowest BCUT2D eigenvalue weighted by Crippen LogP contribution is -2.41. The first-order chi connectivity index (χ1) is 9.61. The monoisotopic (exact) mass is 293 g/mol. The molecule has 0 saturated carbocycles. The Morgan fingerprint density at radius 3 is 3.00 bits per heavy atom. The lowest BCUT2D eigenvalue weighted by atomic mass is 10.2. The Kier molecular flexibility index (Phi) is 3.23. The average Bonchev–Trinajstić information content (AvgIpc) is 2.85. The topological polar surface area (TPSA) is 101 Å². The highest BCUT2D eigenvalue weighted by Crippen LogP contribution is 2.34. The van der Waals surface area contributed by atoms with Crippen LogP contribution in [0.1, 0.15) is 6.42 Å². The highest BCUT2D eigenvalue weighted by atomic mass is 32.2. The maximum Gasteiger partial charge on any atom is 0.238 e. The van der Waals surface area contributed by atoms with Crippen LogP contribution in [-0.4, -0.2) is 29.0 Å². The minimum Gasteiger partial charge on any atom is -0.454 e. The summed E-state index contributed by atoms with van der Waals surface area (Å²) in [7, 11) is 0. The summed E-state index contributed by atoms with van der Waals surface area (Å²) in [5, 5.41) is 11.9. The molecular formula is C12H11N3O4S. The predicted molar refractivity (Wildman–Crippen MR) is 73.1 cm³/mol. The highest BCUT2D eigenvalue weighted by Gasteiger charge is 2.29. The second-order valence-corrected chi connectivity index (χ2v) is 5.46. The SMILES string of the molecule is N=C1NC(=O)CC(C(=O)Nc2ccc3c(c2)OCO3)S1. The molecule has 1 aromatic rings. The van der Waals surface area contributed by atoms with Gasteiger partial charge in [0.25, 0.3) is 0 Å². The molecule has 2 heterocycles. The van der Waals surface area contributed by atoms with Crippen LogP contribution < -0.4 is 20.1 Å². The number of ether oxygens (including phenoxy) is 2. The molecule has 2 amide bonds. The summed E-state index contributed by atoms with van der Waals surface area (Å²) in [4.78, 5) is 23.4. The van der Waals surface area contributed by atoms with Crippen LogP contribution in [0.2, 0.25) is 0 Å². The molecular weight excluding hydrogens is 282 g/mol. The lowest BCUT2D eigenvalue weighted by molar-refractivity contribution is -0.123. The summed E-state index contributed by atoms with van der Waals surface area (Å²) in [6.07, 6.45) is 0.0590. The molecule has 20 heavy (non-hydrogen) atoms. The van der Waals surface area contributed by atoms with Gasteiger partial charge in [-0.25, -0.2) is 0 Å². The van der Waals surface area contributed by atoms with E-state index in [2.05, 4.69) is 10.6 Å². The molecule has 1 aromatic carbocycles. The van der Waals surface area contributed by atoms with Crippen LogP contribution in [0, 0.1) is 5.41 Å². The molecule has 3 rings (SSSR count). The van der Waals surface area contributed by atoms with Gasteiger partial charge in [0.2, 0.25) is 18.6 Å².